The van der Waals surface area contributed by atoms with Crippen molar-refractivity contribution >= 4 is 11.7 Å². The summed E-state index contributed by atoms with van der Waals surface area (Å²) in [6, 6.07) is 7.46. The number of nitrogens with zero attached hydrogens (tertiary/aromatic N) is 1. The zero-order valence-corrected chi connectivity index (χ0v) is 9.93. The normalized spacial score (nSPS) is 19.6. The van der Waals surface area contributed by atoms with Gasteiger partial charge in [-0.2, -0.15) is 0 Å². The summed E-state index contributed by atoms with van der Waals surface area (Å²) in [5.41, 5.74) is 1.41. The van der Waals surface area contributed by atoms with Crippen LogP contribution in [0.3, 0.4) is 0 Å². The van der Waals surface area contributed by atoms with Crippen LogP contribution in [-0.2, 0) is 4.74 Å². The lowest BCUT2D eigenvalue weighted by Gasteiger charge is -2.26. The SMILES string of the molecule is COCC1CCCN1c1ccc(C(=O)O)cc1. The Hall–Kier alpha value is -1.55. The number of benzene rings is 1. The van der Waals surface area contributed by atoms with Gasteiger partial charge in [-0.3, -0.25) is 0 Å². The van der Waals surface area contributed by atoms with Gasteiger partial charge in [0, 0.05) is 19.3 Å². The molecule has 1 aromatic carbocycles. The van der Waals surface area contributed by atoms with E-state index in [0.717, 1.165) is 31.7 Å². The van der Waals surface area contributed by atoms with Crippen LogP contribution in [-0.4, -0.2) is 37.4 Å². The Bertz CT molecular complexity index is 388. The van der Waals surface area contributed by atoms with Crippen LogP contribution in [0, 0.1) is 0 Å². The Labute approximate surface area is 101 Å². The topological polar surface area (TPSA) is 49.8 Å². The van der Waals surface area contributed by atoms with Crippen molar-refractivity contribution in [2.24, 2.45) is 0 Å². The first-order valence-corrected chi connectivity index (χ1v) is 5.81. The van der Waals surface area contributed by atoms with Crippen molar-refractivity contribution in [1.82, 2.24) is 0 Å². The molecule has 0 aliphatic carbocycles. The van der Waals surface area contributed by atoms with Crippen molar-refractivity contribution in [2.45, 2.75) is 18.9 Å². The van der Waals surface area contributed by atoms with E-state index in [1.807, 2.05) is 12.1 Å². The van der Waals surface area contributed by atoms with Crippen LogP contribution in [0.25, 0.3) is 0 Å². The minimum absolute atomic E-state index is 0.330. The molecule has 2 rings (SSSR count). The van der Waals surface area contributed by atoms with E-state index in [-0.39, 0.29) is 0 Å². The molecule has 1 unspecified atom stereocenters. The highest BCUT2D eigenvalue weighted by Crippen LogP contribution is 2.25. The molecule has 1 aliphatic rings. The minimum atomic E-state index is -0.883. The lowest BCUT2D eigenvalue weighted by molar-refractivity contribution is 0.0697. The van der Waals surface area contributed by atoms with Gasteiger partial charge in [0.25, 0.3) is 0 Å². The first-order valence-electron chi connectivity index (χ1n) is 5.81. The maximum atomic E-state index is 10.8. The van der Waals surface area contributed by atoms with Gasteiger partial charge in [0.2, 0.25) is 0 Å². The number of carboxylic acids is 1. The molecule has 4 heteroatoms. The summed E-state index contributed by atoms with van der Waals surface area (Å²) in [4.78, 5) is 13.1. The second-order valence-corrected chi connectivity index (χ2v) is 4.30. The summed E-state index contributed by atoms with van der Waals surface area (Å²) in [6.45, 7) is 1.74. The van der Waals surface area contributed by atoms with Crippen LogP contribution in [0.5, 0.6) is 0 Å². The van der Waals surface area contributed by atoms with Crippen LogP contribution >= 0.6 is 0 Å². The molecule has 0 aromatic heterocycles. The van der Waals surface area contributed by atoms with Crippen LogP contribution < -0.4 is 4.90 Å². The highest BCUT2D eigenvalue weighted by atomic mass is 16.5. The fourth-order valence-electron chi connectivity index (χ4n) is 2.34. The third-order valence-electron chi connectivity index (χ3n) is 3.18. The molecule has 0 saturated carbocycles. The highest BCUT2D eigenvalue weighted by molar-refractivity contribution is 5.88. The maximum absolute atomic E-state index is 10.8. The van der Waals surface area contributed by atoms with Gasteiger partial charge < -0.3 is 14.7 Å². The Morgan fingerprint density at radius 3 is 2.76 bits per heavy atom. The number of hydrogen-bond acceptors (Lipinski definition) is 3. The molecule has 1 N–H and O–H groups in total. The van der Waals surface area contributed by atoms with E-state index in [1.165, 1.54) is 0 Å². The number of aromatic carboxylic acids is 1. The first kappa shape index (κ1) is 11.9. The second kappa shape index (κ2) is 5.19. The zero-order valence-electron chi connectivity index (χ0n) is 9.93. The van der Waals surface area contributed by atoms with Gasteiger partial charge in [-0.1, -0.05) is 0 Å². The lowest BCUT2D eigenvalue weighted by Crippen LogP contribution is -2.32. The molecule has 0 bridgehead atoms. The van der Waals surface area contributed by atoms with Crippen molar-refractivity contribution in [1.29, 1.82) is 0 Å². The van der Waals surface area contributed by atoms with Crippen LogP contribution in [0.15, 0.2) is 24.3 Å². The monoisotopic (exact) mass is 235 g/mol. The average Bonchev–Trinajstić information content (AvgIpc) is 2.78. The largest absolute Gasteiger partial charge is 0.478 e. The first-order chi connectivity index (χ1) is 8.22. The number of carboxylic acid groups (broad SMARTS) is 1. The van der Waals surface area contributed by atoms with Crippen molar-refractivity contribution in [3.63, 3.8) is 0 Å². The number of ether oxygens (including phenoxy) is 1. The van der Waals surface area contributed by atoms with Crippen molar-refractivity contribution < 1.29 is 14.6 Å². The molecule has 1 fully saturated rings. The summed E-state index contributed by atoms with van der Waals surface area (Å²) >= 11 is 0. The van der Waals surface area contributed by atoms with Crippen LogP contribution in [0.4, 0.5) is 5.69 Å². The molecule has 1 aromatic rings. The fraction of sp³-hybridized carbons (Fsp3) is 0.462. The van der Waals surface area contributed by atoms with E-state index in [4.69, 9.17) is 9.84 Å². The molecule has 4 nitrogen and oxygen atoms in total. The Morgan fingerprint density at radius 2 is 2.18 bits per heavy atom. The van der Waals surface area contributed by atoms with Crippen LogP contribution in [0.1, 0.15) is 23.2 Å². The second-order valence-electron chi connectivity index (χ2n) is 4.30. The molecule has 92 valence electrons. The number of rotatable bonds is 4. The third kappa shape index (κ3) is 2.58. The van der Waals surface area contributed by atoms with Gasteiger partial charge in [-0.15, -0.1) is 0 Å². The summed E-state index contributed by atoms with van der Waals surface area (Å²) in [5, 5.41) is 8.84. The zero-order chi connectivity index (χ0) is 12.3. The molecule has 0 amide bonds. The van der Waals surface area contributed by atoms with Gasteiger partial charge in [0.05, 0.1) is 18.2 Å². The lowest BCUT2D eigenvalue weighted by atomic mass is 10.2. The maximum Gasteiger partial charge on any atom is 0.335 e. The van der Waals surface area contributed by atoms with E-state index in [2.05, 4.69) is 4.90 Å². The Balaban J connectivity index is 2.13. The van der Waals surface area contributed by atoms with E-state index in [0.29, 0.717) is 11.6 Å². The molecule has 1 saturated heterocycles. The van der Waals surface area contributed by atoms with E-state index < -0.39 is 5.97 Å². The smallest absolute Gasteiger partial charge is 0.335 e. The molecule has 0 radical (unpaired) electrons. The number of anilines is 1. The summed E-state index contributed by atoms with van der Waals surface area (Å²) < 4.78 is 5.20. The average molecular weight is 235 g/mol. The molecular weight excluding hydrogens is 218 g/mol. The molecule has 1 atom stereocenters. The van der Waals surface area contributed by atoms with Crippen molar-refractivity contribution in [2.75, 3.05) is 25.2 Å². The van der Waals surface area contributed by atoms with Gasteiger partial charge in [-0.05, 0) is 37.1 Å². The number of methoxy groups -OCH3 is 1. The van der Waals surface area contributed by atoms with Gasteiger partial charge in [-0.25, -0.2) is 4.79 Å². The quantitative estimate of drug-likeness (QED) is 0.867. The van der Waals surface area contributed by atoms with E-state index in [9.17, 15) is 4.79 Å². The highest BCUT2D eigenvalue weighted by Gasteiger charge is 2.24. The Kier molecular flexibility index (Phi) is 3.64. The number of carbonyl (C=O) groups is 1. The molecule has 0 spiro atoms. The van der Waals surface area contributed by atoms with E-state index in [1.54, 1.807) is 19.2 Å². The summed E-state index contributed by atoms with van der Waals surface area (Å²) in [5.74, 6) is -0.883. The number of hydrogen-bond donors (Lipinski definition) is 1. The van der Waals surface area contributed by atoms with Crippen LogP contribution in [0.2, 0.25) is 0 Å². The predicted molar refractivity (Wildman–Crippen MR) is 65.6 cm³/mol. The molecular formula is C13H17NO3. The standard InChI is InChI=1S/C13H17NO3/c1-17-9-12-3-2-8-14(12)11-6-4-10(5-7-11)13(15)16/h4-7,12H,2-3,8-9H2,1H3,(H,15,16). The van der Waals surface area contributed by atoms with Gasteiger partial charge in [0.15, 0.2) is 0 Å². The van der Waals surface area contributed by atoms with Gasteiger partial charge in [0.1, 0.15) is 0 Å². The molecule has 17 heavy (non-hydrogen) atoms. The third-order valence-corrected chi connectivity index (χ3v) is 3.18. The summed E-state index contributed by atoms with van der Waals surface area (Å²) in [6.07, 6.45) is 2.29. The molecule has 1 heterocycles. The van der Waals surface area contributed by atoms with Crippen molar-refractivity contribution in [3.8, 4) is 0 Å². The summed E-state index contributed by atoms with van der Waals surface area (Å²) in [7, 11) is 1.71. The minimum Gasteiger partial charge on any atom is -0.478 e. The Morgan fingerprint density at radius 1 is 1.47 bits per heavy atom. The van der Waals surface area contributed by atoms with E-state index >= 15 is 0 Å². The van der Waals surface area contributed by atoms with Gasteiger partial charge >= 0.3 is 5.97 Å². The predicted octanol–water partition coefficient (Wildman–Crippen LogP) is 2.00. The molecule has 1 aliphatic heterocycles. The fourth-order valence-corrected chi connectivity index (χ4v) is 2.34. The van der Waals surface area contributed by atoms with Crippen molar-refractivity contribution in [3.05, 3.63) is 29.8 Å².